The lowest BCUT2D eigenvalue weighted by Gasteiger charge is -2.31. The molecule has 0 saturated carbocycles. The molecule has 0 aliphatic carbocycles. The van der Waals surface area contributed by atoms with E-state index in [1.165, 1.54) is 18.2 Å². The van der Waals surface area contributed by atoms with E-state index in [2.05, 4.69) is 0 Å². The Labute approximate surface area is 241 Å². The minimum Gasteiger partial charge on any atom is -0.480 e. The number of carboxylic acids is 1. The summed E-state index contributed by atoms with van der Waals surface area (Å²) in [6, 6.07) is 2.67. The predicted molar refractivity (Wildman–Crippen MR) is 149 cm³/mol. The Morgan fingerprint density at radius 2 is 1.37 bits per heavy atom. The number of ether oxygens (including phenoxy) is 6. The Morgan fingerprint density at radius 1 is 0.854 bits per heavy atom. The zero-order chi connectivity index (χ0) is 31.7. The summed E-state index contributed by atoms with van der Waals surface area (Å²) in [5, 5.41) is 9.77. The maximum absolute atomic E-state index is 12.5. The van der Waals surface area contributed by atoms with Gasteiger partial charge in [-0.1, -0.05) is 33.3 Å². The maximum atomic E-state index is 12.5. The molecular formula is C29H45NO11. The molecule has 5 atom stereocenters. The van der Waals surface area contributed by atoms with E-state index in [-0.39, 0.29) is 24.0 Å². The van der Waals surface area contributed by atoms with Gasteiger partial charge < -0.3 is 39.3 Å². The number of carboxylic acid groups (broad SMARTS) is 1. The Kier molecular flexibility index (Phi) is 12.9. The van der Waals surface area contributed by atoms with E-state index in [4.69, 9.17) is 34.2 Å². The van der Waals surface area contributed by atoms with E-state index in [1.807, 2.05) is 13.8 Å². The second-order valence-corrected chi connectivity index (χ2v) is 12.0. The smallest absolute Gasteiger partial charge is 0.480 e. The van der Waals surface area contributed by atoms with Crippen LogP contribution in [0, 0.1) is 11.8 Å². The van der Waals surface area contributed by atoms with Crippen LogP contribution >= 0.6 is 0 Å². The summed E-state index contributed by atoms with van der Waals surface area (Å²) in [4.78, 5) is 49.1. The molecule has 0 aromatic heterocycles. The van der Waals surface area contributed by atoms with E-state index in [0.717, 1.165) is 6.42 Å². The van der Waals surface area contributed by atoms with Crippen molar-refractivity contribution in [1.82, 2.24) is 0 Å². The van der Waals surface area contributed by atoms with E-state index in [1.54, 1.807) is 55.4 Å². The highest BCUT2D eigenvalue weighted by Crippen LogP contribution is 2.37. The highest BCUT2D eigenvalue weighted by molar-refractivity contribution is 5.75. The molecule has 232 valence electrons. The lowest BCUT2D eigenvalue weighted by Crippen LogP contribution is -2.42. The van der Waals surface area contributed by atoms with Crippen molar-refractivity contribution in [1.29, 1.82) is 0 Å². The molecule has 12 nitrogen and oxygen atoms in total. The van der Waals surface area contributed by atoms with Crippen molar-refractivity contribution in [3.05, 3.63) is 23.8 Å². The van der Waals surface area contributed by atoms with Gasteiger partial charge in [-0.3, -0.25) is 4.79 Å². The zero-order valence-corrected chi connectivity index (χ0v) is 25.6. The van der Waals surface area contributed by atoms with Crippen molar-refractivity contribution in [2.75, 3.05) is 6.61 Å². The van der Waals surface area contributed by atoms with Crippen molar-refractivity contribution in [3.63, 3.8) is 0 Å². The number of nitrogens with two attached hydrogens (primary N) is 1. The van der Waals surface area contributed by atoms with Crippen LogP contribution in [0.1, 0.15) is 87.1 Å². The van der Waals surface area contributed by atoms with Crippen molar-refractivity contribution < 1.29 is 52.7 Å². The molecule has 1 aromatic carbocycles. The molecular weight excluding hydrogens is 538 g/mol. The van der Waals surface area contributed by atoms with Crippen LogP contribution in [0.5, 0.6) is 11.5 Å². The molecule has 0 radical (unpaired) electrons. The van der Waals surface area contributed by atoms with Gasteiger partial charge in [-0.2, -0.15) is 0 Å². The van der Waals surface area contributed by atoms with Crippen LogP contribution in [0.4, 0.5) is 14.4 Å². The van der Waals surface area contributed by atoms with Crippen LogP contribution in [-0.4, -0.2) is 59.5 Å². The van der Waals surface area contributed by atoms with Gasteiger partial charge in [0, 0.05) is 11.8 Å². The maximum Gasteiger partial charge on any atom is 0.514 e. The fraction of sp³-hybridized carbons (Fsp3) is 0.655. The van der Waals surface area contributed by atoms with Gasteiger partial charge in [-0.15, -0.1) is 0 Å². The number of carbonyl (C=O) groups excluding carboxylic acids is 3. The SMILES string of the molecule is CCC(C)COC(=O)OC(C)C(C)C(c1ccc(OC(=O)OC(C)(C)C)c(OC(=O)OC(C)(C)C)c1)[C@H](N)C(=O)O. The quantitative estimate of drug-likeness (QED) is 0.176. The average molecular weight is 584 g/mol. The highest BCUT2D eigenvalue weighted by atomic mass is 16.8. The monoisotopic (exact) mass is 583 g/mol. The molecule has 41 heavy (non-hydrogen) atoms. The lowest BCUT2D eigenvalue weighted by molar-refractivity contribution is -0.139. The molecule has 0 saturated heterocycles. The van der Waals surface area contributed by atoms with Crippen LogP contribution in [0.2, 0.25) is 0 Å². The first-order valence-electron chi connectivity index (χ1n) is 13.5. The van der Waals surface area contributed by atoms with Gasteiger partial charge in [-0.25, -0.2) is 14.4 Å². The summed E-state index contributed by atoms with van der Waals surface area (Å²) < 4.78 is 31.6. The number of aliphatic carboxylic acids is 1. The largest absolute Gasteiger partial charge is 0.514 e. The first-order chi connectivity index (χ1) is 18.7. The molecule has 0 aliphatic heterocycles. The van der Waals surface area contributed by atoms with Gasteiger partial charge in [-0.05, 0) is 72.1 Å². The Bertz CT molecular complexity index is 1060. The third kappa shape index (κ3) is 12.7. The molecule has 12 heteroatoms. The summed E-state index contributed by atoms with van der Waals surface area (Å²) in [6.07, 6.45) is -3.03. The molecule has 0 bridgehead atoms. The minimum absolute atomic E-state index is 0.147. The molecule has 0 fully saturated rings. The van der Waals surface area contributed by atoms with E-state index in [0.29, 0.717) is 5.56 Å². The number of hydrogen-bond donors (Lipinski definition) is 2. The fourth-order valence-electron chi connectivity index (χ4n) is 3.52. The first kappa shape index (κ1) is 35.5. The number of carbonyl (C=O) groups is 4. The summed E-state index contributed by atoms with van der Waals surface area (Å²) in [5.74, 6) is -3.17. The first-order valence-corrected chi connectivity index (χ1v) is 13.5. The molecule has 0 spiro atoms. The van der Waals surface area contributed by atoms with Crippen LogP contribution < -0.4 is 15.2 Å². The summed E-state index contributed by atoms with van der Waals surface area (Å²) >= 11 is 0. The van der Waals surface area contributed by atoms with Gasteiger partial charge in [0.1, 0.15) is 23.3 Å². The second kappa shape index (κ2) is 14.9. The van der Waals surface area contributed by atoms with Gasteiger partial charge in [0.2, 0.25) is 0 Å². The Balaban J connectivity index is 3.42. The van der Waals surface area contributed by atoms with E-state index in [9.17, 15) is 24.3 Å². The standard InChI is InChI=1S/C29H45NO11/c1-11-16(2)15-36-25(33)37-18(4)17(3)22(23(30)24(31)32)19-12-13-20(38-26(34)40-28(5,6)7)21(14-19)39-27(35)41-29(8,9)10/h12-14,16-18,22-23H,11,15,30H2,1-10H3,(H,31,32)/t16?,17?,18?,22?,23-/m0/s1. The van der Waals surface area contributed by atoms with Crippen LogP contribution in [0.3, 0.4) is 0 Å². The van der Waals surface area contributed by atoms with Gasteiger partial charge in [0.15, 0.2) is 11.5 Å². The predicted octanol–water partition coefficient (Wildman–Crippen LogP) is 6.03. The molecule has 0 heterocycles. The van der Waals surface area contributed by atoms with Crippen molar-refractivity contribution in [2.24, 2.45) is 17.6 Å². The third-order valence-electron chi connectivity index (χ3n) is 5.96. The Hall–Kier alpha value is -3.54. The van der Waals surface area contributed by atoms with Gasteiger partial charge in [0.25, 0.3) is 0 Å². The molecule has 0 aliphatic rings. The van der Waals surface area contributed by atoms with Crippen LogP contribution in [0.25, 0.3) is 0 Å². The zero-order valence-electron chi connectivity index (χ0n) is 25.6. The van der Waals surface area contributed by atoms with Crippen LogP contribution in [0.15, 0.2) is 18.2 Å². The van der Waals surface area contributed by atoms with Crippen molar-refractivity contribution in [2.45, 2.75) is 105 Å². The minimum atomic E-state index is -1.45. The highest BCUT2D eigenvalue weighted by Gasteiger charge is 2.36. The number of hydrogen-bond acceptors (Lipinski definition) is 11. The van der Waals surface area contributed by atoms with Crippen molar-refractivity contribution in [3.8, 4) is 11.5 Å². The molecule has 3 N–H and O–H groups in total. The summed E-state index contributed by atoms with van der Waals surface area (Å²) in [7, 11) is 0. The lowest BCUT2D eigenvalue weighted by atomic mass is 9.79. The molecule has 0 amide bonds. The summed E-state index contributed by atoms with van der Waals surface area (Å²) in [6.45, 7) is 17.2. The second-order valence-electron chi connectivity index (χ2n) is 12.0. The normalized spacial score (nSPS) is 15.4. The van der Waals surface area contributed by atoms with Gasteiger partial charge in [0.05, 0.1) is 6.61 Å². The molecule has 1 aromatic rings. The average Bonchev–Trinajstić information content (AvgIpc) is 2.81. The number of rotatable bonds is 11. The van der Waals surface area contributed by atoms with E-state index < -0.39 is 59.6 Å². The van der Waals surface area contributed by atoms with Crippen molar-refractivity contribution >= 4 is 24.4 Å². The fourth-order valence-corrected chi connectivity index (χ4v) is 3.52. The summed E-state index contributed by atoms with van der Waals surface area (Å²) in [5.41, 5.74) is 4.66. The van der Waals surface area contributed by atoms with Gasteiger partial charge >= 0.3 is 24.4 Å². The topological polar surface area (TPSA) is 170 Å². The molecule has 4 unspecified atom stereocenters. The van der Waals surface area contributed by atoms with Crippen LogP contribution in [-0.2, 0) is 23.7 Å². The number of benzene rings is 1. The molecule has 1 rings (SSSR count). The Morgan fingerprint density at radius 3 is 1.83 bits per heavy atom. The third-order valence-corrected chi connectivity index (χ3v) is 5.96. The van der Waals surface area contributed by atoms with E-state index >= 15 is 0 Å².